The number of halogens is 1. The summed E-state index contributed by atoms with van der Waals surface area (Å²) in [7, 11) is 0. The monoisotopic (exact) mass is 217 g/mol. The van der Waals surface area contributed by atoms with Crippen molar-refractivity contribution in [3.05, 3.63) is 47.5 Å². The largest absolute Gasteiger partial charge is 0.378 e. The van der Waals surface area contributed by atoms with Gasteiger partial charge in [0.2, 0.25) is 0 Å². The third-order valence-electron chi connectivity index (χ3n) is 3.03. The average Bonchev–Trinajstić information content (AvgIpc) is 2.81. The number of nitrogens with one attached hydrogen (secondary N) is 2. The minimum atomic E-state index is -0.195. The molecule has 2 heterocycles. The van der Waals surface area contributed by atoms with Crippen LogP contribution in [0.3, 0.4) is 0 Å². The molecular weight excluding hydrogens is 205 g/mol. The summed E-state index contributed by atoms with van der Waals surface area (Å²) in [5.41, 5.74) is 3.20. The first-order valence-electron chi connectivity index (χ1n) is 5.36. The van der Waals surface area contributed by atoms with Gasteiger partial charge in [0.05, 0.1) is 12.2 Å². The normalized spacial score (nSPS) is 18.9. The van der Waals surface area contributed by atoms with Crippen LogP contribution in [0.5, 0.6) is 0 Å². The summed E-state index contributed by atoms with van der Waals surface area (Å²) < 4.78 is 13.1. The molecule has 1 aromatic carbocycles. The van der Waals surface area contributed by atoms with Crippen molar-refractivity contribution in [3.63, 3.8) is 0 Å². The molecule has 0 amide bonds. The summed E-state index contributed by atoms with van der Waals surface area (Å²) in [5.74, 6) is -0.195. The van der Waals surface area contributed by atoms with E-state index >= 15 is 0 Å². The van der Waals surface area contributed by atoms with Crippen LogP contribution in [0.2, 0.25) is 0 Å². The number of aromatic nitrogens is 2. The number of H-pyrrole nitrogens is 1. The highest BCUT2D eigenvalue weighted by molar-refractivity contribution is 5.55. The molecule has 0 bridgehead atoms. The van der Waals surface area contributed by atoms with Crippen LogP contribution in [0, 0.1) is 5.82 Å². The maximum atomic E-state index is 13.1. The predicted octanol–water partition coefficient (Wildman–Crippen LogP) is 2.65. The van der Waals surface area contributed by atoms with Gasteiger partial charge in [-0.2, -0.15) is 5.10 Å². The van der Waals surface area contributed by atoms with Crippen molar-refractivity contribution < 1.29 is 4.39 Å². The highest BCUT2D eigenvalue weighted by Crippen LogP contribution is 2.32. The molecule has 1 aliphatic heterocycles. The van der Waals surface area contributed by atoms with Gasteiger partial charge in [-0.1, -0.05) is 6.07 Å². The first-order chi connectivity index (χ1) is 7.83. The van der Waals surface area contributed by atoms with Gasteiger partial charge in [0, 0.05) is 17.4 Å². The Labute approximate surface area is 92.7 Å². The van der Waals surface area contributed by atoms with Crippen LogP contribution in [0.1, 0.15) is 23.6 Å². The molecular formula is C12H12FN3. The van der Waals surface area contributed by atoms with E-state index in [0.717, 1.165) is 24.1 Å². The summed E-state index contributed by atoms with van der Waals surface area (Å²) in [5, 5.41) is 10.1. The highest BCUT2D eigenvalue weighted by Gasteiger charge is 2.19. The number of rotatable bonds is 1. The van der Waals surface area contributed by atoms with Gasteiger partial charge in [-0.05, 0) is 30.5 Å². The van der Waals surface area contributed by atoms with Crippen LogP contribution >= 0.6 is 0 Å². The second-order valence-electron chi connectivity index (χ2n) is 4.07. The molecule has 0 saturated carbocycles. The molecule has 2 N–H and O–H groups in total. The quantitative estimate of drug-likeness (QED) is 0.771. The number of fused-ring (bicyclic) bond motifs is 1. The number of anilines is 1. The molecule has 1 aromatic heterocycles. The Morgan fingerprint density at radius 3 is 3.12 bits per heavy atom. The molecule has 3 nitrogen and oxygen atoms in total. The average molecular weight is 217 g/mol. The van der Waals surface area contributed by atoms with Crippen molar-refractivity contribution >= 4 is 5.69 Å². The van der Waals surface area contributed by atoms with Gasteiger partial charge < -0.3 is 5.32 Å². The molecule has 2 aromatic rings. The smallest absolute Gasteiger partial charge is 0.125 e. The summed E-state index contributed by atoms with van der Waals surface area (Å²) in [6, 6.07) is 5.15. The minimum absolute atomic E-state index is 0.195. The van der Waals surface area contributed by atoms with E-state index < -0.39 is 0 Å². The molecule has 0 aliphatic carbocycles. The fourth-order valence-electron chi connectivity index (χ4n) is 2.16. The third kappa shape index (κ3) is 1.56. The van der Waals surface area contributed by atoms with E-state index in [2.05, 4.69) is 15.5 Å². The lowest BCUT2D eigenvalue weighted by Crippen LogP contribution is -2.17. The lowest BCUT2D eigenvalue weighted by molar-refractivity contribution is 0.619. The minimum Gasteiger partial charge on any atom is -0.378 e. The van der Waals surface area contributed by atoms with Crippen molar-refractivity contribution in [2.75, 3.05) is 5.32 Å². The van der Waals surface area contributed by atoms with Crippen LogP contribution in [-0.2, 0) is 6.42 Å². The van der Waals surface area contributed by atoms with Crippen LogP contribution in [-0.4, -0.2) is 10.2 Å². The van der Waals surface area contributed by atoms with Crippen molar-refractivity contribution in [3.8, 4) is 0 Å². The van der Waals surface area contributed by atoms with E-state index in [1.807, 2.05) is 18.5 Å². The molecule has 0 radical (unpaired) electrons. The zero-order valence-corrected chi connectivity index (χ0v) is 8.70. The first kappa shape index (κ1) is 9.39. The molecule has 1 atom stereocenters. The first-order valence-corrected chi connectivity index (χ1v) is 5.36. The fourth-order valence-corrected chi connectivity index (χ4v) is 2.16. The predicted molar refractivity (Wildman–Crippen MR) is 59.7 cm³/mol. The lowest BCUT2D eigenvalue weighted by atomic mass is 9.95. The Morgan fingerprint density at radius 1 is 1.38 bits per heavy atom. The number of aryl methyl sites for hydroxylation is 1. The van der Waals surface area contributed by atoms with E-state index in [4.69, 9.17) is 0 Å². The van der Waals surface area contributed by atoms with Crippen LogP contribution in [0.15, 0.2) is 30.6 Å². The second kappa shape index (κ2) is 3.63. The summed E-state index contributed by atoms with van der Waals surface area (Å²) in [6.45, 7) is 0. The molecule has 1 unspecified atom stereocenters. The van der Waals surface area contributed by atoms with Crippen molar-refractivity contribution in [1.29, 1.82) is 0 Å². The molecule has 0 spiro atoms. The van der Waals surface area contributed by atoms with Gasteiger partial charge in [-0.25, -0.2) is 4.39 Å². The summed E-state index contributed by atoms with van der Waals surface area (Å²) in [4.78, 5) is 0. The Morgan fingerprint density at radius 2 is 2.31 bits per heavy atom. The van der Waals surface area contributed by atoms with Crippen molar-refractivity contribution in [2.24, 2.45) is 0 Å². The van der Waals surface area contributed by atoms with Crippen LogP contribution in [0.4, 0.5) is 10.1 Å². The van der Waals surface area contributed by atoms with Gasteiger partial charge in [0.15, 0.2) is 0 Å². The van der Waals surface area contributed by atoms with Crippen molar-refractivity contribution in [2.45, 2.75) is 18.9 Å². The SMILES string of the molecule is Fc1ccc2c(c1)NC(c1cn[nH]c1)CC2. The van der Waals surface area contributed by atoms with Crippen LogP contribution < -0.4 is 5.32 Å². The second-order valence-corrected chi connectivity index (χ2v) is 4.07. The van der Waals surface area contributed by atoms with E-state index in [0.29, 0.717) is 0 Å². The van der Waals surface area contributed by atoms with E-state index in [-0.39, 0.29) is 11.9 Å². The number of benzene rings is 1. The Balaban J connectivity index is 1.91. The molecule has 4 heteroatoms. The van der Waals surface area contributed by atoms with Crippen molar-refractivity contribution in [1.82, 2.24) is 10.2 Å². The van der Waals surface area contributed by atoms with E-state index in [9.17, 15) is 4.39 Å². The van der Waals surface area contributed by atoms with Gasteiger partial charge in [-0.15, -0.1) is 0 Å². The number of aromatic amines is 1. The number of hydrogen-bond donors (Lipinski definition) is 2. The van der Waals surface area contributed by atoms with E-state index in [1.165, 1.54) is 11.6 Å². The number of nitrogens with zero attached hydrogens (tertiary/aromatic N) is 1. The molecule has 82 valence electrons. The summed E-state index contributed by atoms with van der Waals surface area (Å²) in [6.07, 6.45) is 5.67. The molecule has 0 fully saturated rings. The Kier molecular flexibility index (Phi) is 2.13. The Hall–Kier alpha value is -1.84. The molecule has 1 aliphatic rings. The van der Waals surface area contributed by atoms with Gasteiger partial charge in [0.1, 0.15) is 5.82 Å². The summed E-state index contributed by atoms with van der Waals surface area (Å²) >= 11 is 0. The topological polar surface area (TPSA) is 40.7 Å². The molecule has 16 heavy (non-hydrogen) atoms. The van der Waals surface area contributed by atoms with Gasteiger partial charge >= 0.3 is 0 Å². The molecule has 0 saturated heterocycles. The zero-order chi connectivity index (χ0) is 11.0. The lowest BCUT2D eigenvalue weighted by Gasteiger charge is -2.26. The third-order valence-corrected chi connectivity index (χ3v) is 3.03. The van der Waals surface area contributed by atoms with Crippen LogP contribution in [0.25, 0.3) is 0 Å². The molecule has 3 rings (SSSR count). The zero-order valence-electron chi connectivity index (χ0n) is 8.70. The van der Waals surface area contributed by atoms with Gasteiger partial charge in [0.25, 0.3) is 0 Å². The highest BCUT2D eigenvalue weighted by atomic mass is 19.1. The maximum Gasteiger partial charge on any atom is 0.125 e. The Bertz CT molecular complexity index is 493. The van der Waals surface area contributed by atoms with E-state index in [1.54, 1.807) is 6.07 Å². The fraction of sp³-hybridized carbons (Fsp3) is 0.250. The van der Waals surface area contributed by atoms with Gasteiger partial charge in [-0.3, -0.25) is 5.10 Å². The maximum absolute atomic E-state index is 13.1. The number of hydrogen-bond acceptors (Lipinski definition) is 2. The standard InChI is InChI=1S/C12H12FN3/c13-10-3-1-8-2-4-11(16-12(8)5-10)9-6-14-15-7-9/h1,3,5-7,11,16H,2,4H2,(H,14,15).